The average Bonchev–Trinajstić information content (AvgIpc) is 3.57. The highest BCUT2D eigenvalue weighted by Crippen LogP contribution is 2.58. The van der Waals surface area contributed by atoms with E-state index in [0.717, 1.165) is 18.4 Å². The zero-order chi connectivity index (χ0) is 24.2. The fourth-order valence-corrected chi connectivity index (χ4v) is 6.00. The van der Waals surface area contributed by atoms with Gasteiger partial charge in [0.2, 0.25) is 5.91 Å². The largest absolute Gasteiger partial charge is 0.481 e. The van der Waals surface area contributed by atoms with Crippen LogP contribution in [-0.2, 0) is 19.9 Å². The molecule has 2 fully saturated rings. The number of likely N-dealkylation sites (tertiary alicyclic amines) is 1. The van der Waals surface area contributed by atoms with Gasteiger partial charge in [-0.25, -0.2) is 0 Å². The summed E-state index contributed by atoms with van der Waals surface area (Å²) >= 11 is 12.6. The average molecular weight is 503 g/mol. The molecule has 3 atom stereocenters. The molecule has 0 bridgehead atoms. The number of piperidine rings is 1. The second-order valence-corrected chi connectivity index (χ2v) is 10.2. The molecule has 1 saturated carbocycles. The number of halogens is 2. The Morgan fingerprint density at radius 3 is 2.47 bits per heavy atom. The number of aliphatic hydroxyl groups excluding tert-OH is 1. The molecule has 0 aromatic heterocycles. The summed E-state index contributed by atoms with van der Waals surface area (Å²) in [5.41, 5.74) is 0.355. The summed E-state index contributed by atoms with van der Waals surface area (Å²) in [7, 11) is 0. The van der Waals surface area contributed by atoms with Crippen molar-refractivity contribution in [3.8, 4) is 0 Å². The predicted octanol–water partition coefficient (Wildman–Crippen LogP) is 4.00. The zero-order valence-electron chi connectivity index (χ0n) is 18.3. The van der Waals surface area contributed by atoms with Crippen molar-refractivity contribution >= 4 is 46.7 Å². The number of aliphatic carboxylic acids is 1. The Morgan fingerprint density at radius 1 is 1.09 bits per heavy atom. The van der Waals surface area contributed by atoms with E-state index in [9.17, 15) is 24.6 Å². The third-order valence-electron chi connectivity index (χ3n) is 7.25. The zero-order valence-corrected chi connectivity index (χ0v) is 19.8. The number of hydrogen-bond acceptors (Lipinski definition) is 4. The fraction of sp³-hybridized carbons (Fsp3) is 0.400. The monoisotopic (exact) mass is 502 g/mol. The van der Waals surface area contributed by atoms with Gasteiger partial charge in [-0.3, -0.25) is 19.3 Å². The maximum Gasteiger partial charge on any atom is 0.304 e. The number of carboxylic acids is 1. The van der Waals surface area contributed by atoms with Gasteiger partial charge in [0.25, 0.3) is 5.91 Å². The third kappa shape index (κ3) is 3.58. The van der Waals surface area contributed by atoms with E-state index in [-0.39, 0.29) is 24.7 Å². The van der Waals surface area contributed by atoms with Gasteiger partial charge in [0, 0.05) is 34.0 Å². The number of nitrogens with zero attached hydrogens (tertiary/aromatic N) is 2. The van der Waals surface area contributed by atoms with Gasteiger partial charge in [-0.15, -0.1) is 0 Å². The Bertz CT molecular complexity index is 1180. The number of carboxylic acid groups (broad SMARTS) is 1. The lowest BCUT2D eigenvalue weighted by Gasteiger charge is -2.51. The van der Waals surface area contributed by atoms with Crippen molar-refractivity contribution < 1.29 is 24.6 Å². The van der Waals surface area contributed by atoms with Crippen LogP contribution in [0.15, 0.2) is 42.5 Å². The highest BCUT2D eigenvalue weighted by atomic mass is 35.5. The summed E-state index contributed by atoms with van der Waals surface area (Å²) in [6.07, 6.45) is 1.73. The number of amides is 2. The van der Waals surface area contributed by atoms with E-state index in [1.54, 1.807) is 41.3 Å². The number of benzene rings is 2. The molecule has 0 radical (unpaired) electrons. The summed E-state index contributed by atoms with van der Waals surface area (Å²) in [5, 5.41) is 20.6. The lowest BCUT2D eigenvalue weighted by molar-refractivity contribution is -0.161. The molecule has 5 rings (SSSR count). The molecule has 1 aliphatic carbocycles. The molecular formula is C25H24Cl2N2O5. The van der Waals surface area contributed by atoms with Gasteiger partial charge < -0.3 is 15.1 Å². The highest BCUT2D eigenvalue weighted by Gasteiger charge is 2.64. The van der Waals surface area contributed by atoms with E-state index < -0.39 is 36.0 Å². The van der Waals surface area contributed by atoms with Crippen molar-refractivity contribution in [1.29, 1.82) is 0 Å². The molecule has 7 nitrogen and oxygen atoms in total. The SMILES string of the molecule is O=C(O)C[C@H]1C[C@H](c2cccc(Cl)c2)[C@]2(C(=O)N(CO)c3cc(Cl)ccc32)N(CC2CC2)C1=O. The van der Waals surface area contributed by atoms with Gasteiger partial charge in [0.1, 0.15) is 6.73 Å². The molecular weight excluding hydrogens is 479 g/mol. The van der Waals surface area contributed by atoms with E-state index in [0.29, 0.717) is 27.8 Å². The van der Waals surface area contributed by atoms with Gasteiger partial charge in [-0.1, -0.05) is 41.4 Å². The molecule has 1 spiro atoms. The number of aliphatic hydroxyl groups is 1. The summed E-state index contributed by atoms with van der Waals surface area (Å²) in [6, 6.07) is 12.2. The molecule has 1 saturated heterocycles. The molecule has 178 valence electrons. The van der Waals surface area contributed by atoms with E-state index in [2.05, 4.69) is 0 Å². The van der Waals surface area contributed by atoms with Crippen LogP contribution in [0.5, 0.6) is 0 Å². The standard InChI is InChI=1S/C25H24Cl2N2O5/c26-17-3-1-2-15(8-17)20-9-16(10-22(31)32)23(33)29(12-14-4-5-14)25(20)19-7-6-18(27)11-21(19)28(13-30)24(25)34/h1-3,6-8,11,14,16,20,30H,4-5,9-10,12-13H2,(H,31,32)/t16-,20-,25-/m1/s1. The van der Waals surface area contributed by atoms with Gasteiger partial charge >= 0.3 is 5.97 Å². The number of anilines is 1. The molecule has 9 heteroatoms. The topological polar surface area (TPSA) is 98.2 Å². The maximum absolute atomic E-state index is 14.2. The molecule has 2 heterocycles. The van der Waals surface area contributed by atoms with Gasteiger partial charge in [0.05, 0.1) is 12.1 Å². The van der Waals surface area contributed by atoms with Crippen LogP contribution in [0, 0.1) is 11.8 Å². The molecule has 3 aliphatic rings. The maximum atomic E-state index is 14.2. The molecule has 2 aliphatic heterocycles. The summed E-state index contributed by atoms with van der Waals surface area (Å²) < 4.78 is 0. The minimum atomic E-state index is -1.43. The first kappa shape index (κ1) is 23.1. The number of rotatable bonds is 6. The van der Waals surface area contributed by atoms with Crippen molar-refractivity contribution in [2.24, 2.45) is 11.8 Å². The van der Waals surface area contributed by atoms with Crippen molar-refractivity contribution in [2.45, 2.75) is 37.1 Å². The first-order chi connectivity index (χ1) is 16.3. The van der Waals surface area contributed by atoms with Crippen molar-refractivity contribution in [2.75, 3.05) is 18.2 Å². The van der Waals surface area contributed by atoms with Crippen LogP contribution in [0.2, 0.25) is 10.0 Å². The number of carbonyl (C=O) groups is 3. The Balaban J connectivity index is 1.78. The lowest BCUT2D eigenvalue weighted by atomic mass is 9.66. The first-order valence-electron chi connectivity index (χ1n) is 11.3. The van der Waals surface area contributed by atoms with Crippen LogP contribution >= 0.6 is 23.2 Å². The lowest BCUT2D eigenvalue weighted by Crippen LogP contribution is -2.64. The van der Waals surface area contributed by atoms with E-state index in [4.69, 9.17) is 23.2 Å². The summed E-state index contributed by atoms with van der Waals surface area (Å²) in [6.45, 7) is -0.223. The van der Waals surface area contributed by atoms with Crippen LogP contribution in [-0.4, -0.2) is 46.2 Å². The van der Waals surface area contributed by atoms with Crippen molar-refractivity contribution in [3.63, 3.8) is 0 Å². The van der Waals surface area contributed by atoms with Gasteiger partial charge in [0.15, 0.2) is 5.54 Å². The Morgan fingerprint density at radius 2 is 1.82 bits per heavy atom. The van der Waals surface area contributed by atoms with Crippen LogP contribution < -0.4 is 4.90 Å². The van der Waals surface area contributed by atoms with E-state index in [1.165, 1.54) is 4.90 Å². The van der Waals surface area contributed by atoms with Crippen molar-refractivity contribution in [3.05, 3.63) is 63.6 Å². The third-order valence-corrected chi connectivity index (χ3v) is 7.72. The number of fused-ring (bicyclic) bond motifs is 2. The number of hydrogen-bond donors (Lipinski definition) is 2. The van der Waals surface area contributed by atoms with Crippen LogP contribution in [0.3, 0.4) is 0 Å². The molecule has 2 aromatic rings. The normalized spacial score (nSPS) is 26.3. The first-order valence-corrected chi connectivity index (χ1v) is 12.0. The Labute approximate surface area is 206 Å². The van der Waals surface area contributed by atoms with Crippen LogP contribution in [0.25, 0.3) is 0 Å². The molecule has 2 amide bonds. The molecule has 2 aromatic carbocycles. The van der Waals surface area contributed by atoms with Gasteiger partial charge in [-0.05, 0) is 55.0 Å². The fourth-order valence-electron chi connectivity index (χ4n) is 5.63. The van der Waals surface area contributed by atoms with E-state index >= 15 is 0 Å². The van der Waals surface area contributed by atoms with Crippen LogP contribution in [0.4, 0.5) is 5.69 Å². The summed E-state index contributed by atoms with van der Waals surface area (Å²) in [5.74, 6) is -2.92. The Hall–Kier alpha value is -2.61. The second-order valence-electron chi connectivity index (χ2n) is 9.33. The number of carbonyl (C=O) groups excluding carboxylic acids is 2. The highest BCUT2D eigenvalue weighted by molar-refractivity contribution is 6.31. The second kappa shape index (κ2) is 8.56. The Kier molecular flexibility index (Phi) is 5.82. The van der Waals surface area contributed by atoms with E-state index in [1.807, 2.05) is 6.07 Å². The quantitative estimate of drug-likeness (QED) is 0.621. The minimum Gasteiger partial charge on any atom is -0.481 e. The molecule has 0 unspecified atom stereocenters. The van der Waals surface area contributed by atoms with Gasteiger partial charge in [-0.2, -0.15) is 0 Å². The van der Waals surface area contributed by atoms with Crippen LogP contribution in [0.1, 0.15) is 42.7 Å². The molecule has 34 heavy (non-hydrogen) atoms. The molecule has 2 N–H and O–H groups in total. The smallest absolute Gasteiger partial charge is 0.304 e. The minimum absolute atomic E-state index is 0.166. The van der Waals surface area contributed by atoms with Crippen molar-refractivity contribution in [1.82, 2.24) is 4.90 Å². The predicted molar refractivity (Wildman–Crippen MR) is 127 cm³/mol. The summed E-state index contributed by atoms with van der Waals surface area (Å²) in [4.78, 5) is 42.5.